The van der Waals surface area contributed by atoms with Gasteiger partial charge in [0, 0.05) is 24.7 Å². The molecule has 5 heteroatoms. The van der Waals surface area contributed by atoms with Crippen molar-refractivity contribution in [1.29, 1.82) is 0 Å². The molecule has 0 spiro atoms. The number of nitrogens with one attached hydrogen (secondary N) is 2. The standard InChI is InChI=1S/C19H21ClN2O2/c20-17-7-5-14(6-8-17)9-19(12-21-13-19)18(24)22-10-15-1-3-16(11-23)4-2-15/h1-8,21,23H,9-13H2,(H,22,24). The number of benzene rings is 2. The topological polar surface area (TPSA) is 61.4 Å². The second-order valence-corrected chi connectivity index (χ2v) is 6.78. The van der Waals surface area contributed by atoms with Crippen molar-refractivity contribution in [1.82, 2.24) is 10.6 Å². The molecule has 0 bridgehead atoms. The van der Waals surface area contributed by atoms with Gasteiger partial charge in [0.25, 0.3) is 0 Å². The van der Waals surface area contributed by atoms with Crippen molar-refractivity contribution < 1.29 is 9.90 Å². The molecule has 1 fully saturated rings. The first-order chi connectivity index (χ1) is 11.6. The Balaban J connectivity index is 1.61. The monoisotopic (exact) mass is 344 g/mol. The van der Waals surface area contributed by atoms with E-state index in [9.17, 15) is 4.79 Å². The minimum absolute atomic E-state index is 0.0303. The zero-order valence-corrected chi connectivity index (χ0v) is 14.1. The van der Waals surface area contributed by atoms with Crippen molar-refractivity contribution in [3.8, 4) is 0 Å². The average molecular weight is 345 g/mol. The minimum atomic E-state index is -0.390. The van der Waals surface area contributed by atoms with Gasteiger partial charge in [0.1, 0.15) is 0 Å². The number of carbonyl (C=O) groups excluding carboxylic acids is 1. The summed E-state index contributed by atoms with van der Waals surface area (Å²) in [7, 11) is 0. The van der Waals surface area contributed by atoms with Crippen LogP contribution in [0.5, 0.6) is 0 Å². The highest BCUT2D eigenvalue weighted by Gasteiger charge is 2.43. The van der Waals surface area contributed by atoms with E-state index >= 15 is 0 Å². The molecular formula is C19H21ClN2O2. The highest BCUT2D eigenvalue weighted by atomic mass is 35.5. The van der Waals surface area contributed by atoms with E-state index < -0.39 is 5.41 Å². The summed E-state index contributed by atoms with van der Waals surface area (Å²) in [5.41, 5.74) is 2.61. The molecule has 1 amide bonds. The summed E-state index contributed by atoms with van der Waals surface area (Å²) in [5, 5.41) is 16.0. The number of aliphatic hydroxyl groups excluding tert-OH is 1. The zero-order valence-electron chi connectivity index (χ0n) is 13.4. The lowest BCUT2D eigenvalue weighted by Gasteiger charge is -2.41. The van der Waals surface area contributed by atoms with Gasteiger partial charge < -0.3 is 15.7 Å². The van der Waals surface area contributed by atoms with Gasteiger partial charge in [0.2, 0.25) is 5.91 Å². The van der Waals surface area contributed by atoms with Crippen LogP contribution in [0.2, 0.25) is 5.02 Å². The quantitative estimate of drug-likeness (QED) is 0.753. The molecule has 0 radical (unpaired) electrons. The number of halogens is 1. The molecule has 1 saturated heterocycles. The first kappa shape index (κ1) is 17.0. The van der Waals surface area contributed by atoms with E-state index in [1.54, 1.807) is 0 Å². The Kier molecular flexibility index (Phi) is 5.19. The lowest BCUT2D eigenvalue weighted by molar-refractivity contribution is -0.134. The molecule has 1 aliphatic rings. The normalized spacial score (nSPS) is 15.6. The van der Waals surface area contributed by atoms with Crippen LogP contribution in [-0.4, -0.2) is 24.1 Å². The van der Waals surface area contributed by atoms with Crippen molar-refractivity contribution in [3.05, 3.63) is 70.2 Å². The molecule has 0 unspecified atom stereocenters. The van der Waals surface area contributed by atoms with Gasteiger partial charge in [0.15, 0.2) is 0 Å². The van der Waals surface area contributed by atoms with E-state index in [1.807, 2.05) is 48.5 Å². The number of hydrogen-bond acceptors (Lipinski definition) is 3. The largest absolute Gasteiger partial charge is 0.392 e. The van der Waals surface area contributed by atoms with Gasteiger partial charge in [-0.3, -0.25) is 4.79 Å². The van der Waals surface area contributed by atoms with E-state index in [0.717, 1.165) is 16.7 Å². The van der Waals surface area contributed by atoms with Crippen LogP contribution >= 0.6 is 11.6 Å². The predicted octanol–water partition coefficient (Wildman–Crippen LogP) is 2.28. The van der Waals surface area contributed by atoms with Crippen molar-refractivity contribution in [2.24, 2.45) is 5.41 Å². The van der Waals surface area contributed by atoms with Crippen LogP contribution in [0.3, 0.4) is 0 Å². The molecule has 4 nitrogen and oxygen atoms in total. The molecular weight excluding hydrogens is 324 g/mol. The lowest BCUT2D eigenvalue weighted by atomic mass is 9.75. The van der Waals surface area contributed by atoms with Crippen molar-refractivity contribution in [2.75, 3.05) is 13.1 Å². The first-order valence-electron chi connectivity index (χ1n) is 8.03. The fourth-order valence-electron chi connectivity index (χ4n) is 2.92. The molecule has 2 aromatic rings. The van der Waals surface area contributed by atoms with Crippen molar-refractivity contribution in [2.45, 2.75) is 19.6 Å². The summed E-state index contributed by atoms with van der Waals surface area (Å²) in [6.45, 7) is 1.89. The van der Waals surface area contributed by atoms with Crippen LogP contribution in [-0.2, 0) is 24.4 Å². The molecule has 0 saturated carbocycles. The van der Waals surface area contributed by atoms with Gasteiger partial charge >= 0.3 is 0 Å². The van der Waals surface area contributed by atoms with Crippen LogP contribution in [0.15, 0.2) is 48.5 Å². The molecule has 2 aromatic carbocycles. The minimum Gasteiger partial charge on any atom is -0.392 e. The number of rotatable bonds is 6. The molecule has 0 atom stereocenters. The first-order valence-corrected chi connectivity index (χ1v) is 8.41. The predicted molar refractivity (Wildman–Crippen MR) is 94.7 cm³/mol. The maximum absolute atomic E-state index is 12.7. The van der Waals surface area contributed by atoms with Gasteiger partial charge in [-0.1, -0.05) is 48.0 Å². The maximum Gasteiger partial charge on any atom is 0.229 e. The number of carbonyl (C=O) groups is 1. The van der Waals surface area contributed by atoms with Crippen molar-refractivity contribution in [3.63, 3.8) is 0 Å². The second-order valence-electron chi connectivity index (χ2n) is 6.34. The fourth-order valence-corrected chi connectivity index (χ4v) is 3.04. The van der Waals surface area contributed by atoms with E-state index in [-0.39, 0.29) is 12.5 Å². The highest BCUT2D eigenvalue weighted by Crippen LogP contribution is 2.28. The van der Waals surface area contributed by atoms with Crippen LogP contribution in [0.1, 0.15) is 16.7 Å². The van der Waals surface area contributed by atoms with Crippen LogP contribution < -0.4 is 10.6 Å². The lowest BCUT2D eigenvalue weighted by Crippen LogP contribution is -2.62. The van der Waals surface area contributed by atoms with Gasteiger partial charge in [-0.05, 0) is 35.2 Å². The zero-order chi connectivity index (χ0) is 17.0. The van der Waals surface area contributed by atoms with Crippen LogP contribution in [0, 0.1) is 5.41 Å². The molecule has 1 aliphatic heterocycles. The Morgan fingerprint density at radius 1 is 1.04 bits per heavy atom. The summed E-state index contributed by atoms with van der Waals surface area (Å²) < 4.78 is 0. The van der Waals surface area contributed by atoms with Crippen LogP contribution in [0.25, 0.3) is 0 Å². The summed E-state index contributed by atoms with van der Waals surface area (Å²) >= 11 is 5.93. The molecule has 0 aliphatic carbocycles. The molecule has 126 valence electrons. The third kappa shape index (κ3) is 3.78. The van der Waals surface area contributed by atoms with Gasteiger partial charge in [-0.2, -0.15) is 0 Å². The molecule has 1 heterocycles. The van der Waals surface area contributed by atoms with E-state index in [2.05, 4.69) is 10.6 Å². The van der Waals surface area contributed by atoms with Gasteiger partial charge in [0.05, 0.1) is 12.0 Å². The Bertz CT molecular complexity index is 694. The van der Waals surface area contributed by atoms with Crippen LogP contribution in [0.4, 0.5) is 0 Å². The highest BCUT2D eigenvalue weighted by molar-refractivity contribution is 6.30. The molecule has 24 heavy (non-hydrogen) atoms. The van der Waals surface area contributed by atoms with E-state index in [1.165, 1.54) is 0 Å². The molecule has 3 N–H and O–H groups in total. The third-order valence-electron chi connectivity index (χ3n) is 4.52. The number of aliphatic hydroxyl groups is 1. The average Bonchev–Trinajstić information content (AvgIpc) is 2.58. The Labute approximate surface area is 146 Å². The Hall–Kier alpha value is -1.88. The summed E-state index contributed by atoms with van der Waals surface area (Å²) in [5.74, 6) is 0.0717. The smallest absolute Gasteiger partial charge is 0.229 e. The Morgan fingerprint density at radius 3 is 2.17 bits per heavy atom. The molecule has 0 aromatic heterocycles. The number of amides is 1. The maximum atomic E-state index is 12.7. The number of hydrogen-bond donors (Lipinski definition) is 3. The Morgan fingerprint density at radius 2 is 1.62 bits per heavy atom. The summed E-state index contributed by atoms with van der Waals surface area (Å²) in [6, 6.07) is 15.3. The van der Waals surface area contributed by atoms with Gasteiger partial charge in [-0.25, -0.2) is 0 Å². The SMILES string of the molecule is O=C(NCc1ccc(CO)cc1)C1(Cc2ccc(Cl)cc2)CNC1. The third-order valence-corrected chi connectivity index (χ3v) is 4.77. The van der Waals surface area contributed by atoms with E-state index in [4.69, 9.17) is 16.7 Å². The van der Waals surface area contributed by atoms with Crippen molar-refractivity contribution >= 4 is 17.5 Å². The fraction of sp³-hybridized carbons (Fsp3) is 0.316. The van der Waals surface area contributed by atoms with E-state index in [0.29, 0.717) is 31.1 Å². The summed E-state index contributed by atoms with van der Waals surface area (Å²) in [6.07, 6.45) is 0.701. The summed E-state index contributed by atoms with van der Waals surface area (Å²) in [4.78, 5) is 12.7. The molecule has 3 rings (SSSR count). The van der Waals surface area contributed by atoms with Gasteiger partial charge in [-0.15, -0.1) is 0 Å². The second kappa shape index (κ2) is 7.34.